The minimum atomic E-state index is -1.15. The van der Waals surface area contributed by atoms with Crippen LogP contribution in [0.25, 0.3) is 6.08 Å². The molecular weight excluding hydrogens is 249 g/mol. The van der Waals surface area contributed by atoms with Gasteiger partial charge in [0.1, 0.15) is 5.82 Å². The van der Waals surface area contributed by atoms with Gasteiger partial charge < -0.3 is 10.4 Å². The van der Waals surface area contributed by atoms with E-state index in [4.69, 9.17) is 5.11 Å². The maximum absolute atomic E-state index is 13.4. The molecule has 2 N–H and O–H groups in total. The van der Waals surface area contributed by atoms with Crippen molar-refractivity contribution in [2.75, 3.05) is 5.32 Å². The van der Waals surface area contributed by atoms with E-state index >= 15 is 0 Å². The van der Waals surface area contributed by atoms with Crippen molar-refractivity contribution >= 4 is 23.6 Å². The van der Waals surface area contributed by atoms with Crippen molar-refractivity contribution in [1.82, 2.24) is 0 Å². The number of halogens is 1. The summed E-state index contributed by atoms with van der Waals surface area (Å²) < 4.78 is 13.4. The SMILES string of the molecule is O=C(O)/C=C/c1cc(NC(=O)C2CCC2)ccc1F. The van der Waals surface area contributed by atoms with E-state index in [2.05, 4.69) is 5.32 Å². The normalized spacial score (nSPS) is 15.2. The van der Waals surface area contributed by atoms with Gasteiger partial charge in [-0.3, -0.25) is 4.79 Å². The lowest BCUT2D eigenvalue weighted by Gasteiger charge is -2.24. The Labute approximate surface area is 109 Å². The van der Waals surface area contributed by atoms with Crippen LogP contribution in [0.15, 0.2) is 24.3 Å². The lowest BCUT2D eigenvalue weighted by Crippen LogP contribution is -2.28. The Kier molecular flexibility index (Phi) is 3.94. The predicted molar refractivity (Wildman–Crippen MR) is 69.0 cm³/mol. The predicted octanol–water partition coefficient (Wildman–Crippen LogP) is 2.66. The highest BCUT2D eigenvalue weighted by atomic mass is 19.1. The second-order valence-corrected chi connectivity index (χ2v) is 4.52. The molecule has 0 heterocycles. The summed E-state index contributed by atoms with van der Waals surface area (Å²) in [6, 6.07) is 4.09. The van der Waals surface area contributed by atoms with Gasteiger partial charge in [-0.2, -0.15) is 0 Å². The zero-order valence-electron chi connectivity index (χ0n) is 10.2. The second-order valence-electron chi connectivity index (χ2n) is 4.52. The van der Waals surface area contributed by atoms with Crippen molar-refractivity contribution in [3.63, 3.8) is 0 Å². The van der Waals surface area contributed by atoms with Gasteiger partial charge in [-0.15, -0.1) is 0 Å². The van der Waals surface area contributed by atoms with Crippen LogP contribution in [0.1, 0.15) is 24.8 Å². The number of hydrogen-bond donors (Lipinski definition) is 2. The van der Waals surface area contributed by atoms with Gasteiger partial charge in [0, 0.05) is 23.2 Å². The molecule has 2 rings (SSSR count). The molecule has 1 aromatic carbocycles. The average molecular weight is 263 g/mol. The van der Waals surface area contributed by atoms with Gasteiger partial charge in [0.25, 0.3) is 0 Å². The van der Waals surface area contributed by atoms with Crippen molar-refractivity contribution < 1.29 is 19.1 Å². The van der Waals surface area contributed by atoms with Crippen molar-refractivity contribution in [1.29, 1.82) is 0 Å². The van der Waals surface area contributed by atoms with Crippen molar-refractivity contribution in [2.45, 2.75) is 19.3 Å². The van der Waals surface area contributed by atoms with Crippen LogP contribution in [-0.4, -0.2) is 17.0 Å². The summed E-state index contributed by atoms with van der Waals surface area (Å²) in [4.78, 5) is 22.1. The third-order valence-electron chi connectivity index (χ3n) is 3.14. The van der Waals surface area contributed by atoms with Crippen molar-refractivity contribution in [2.24, 2.45) is 5.92 Å². The van der Waals surface area contributed by atoms with E-state index in [0.29, 0.717) is 5.69 Å². The molecule has 1 aliphatic carbocycles. The highest BCUT2D eigenvalue weighted by Gasteiger charge is 2.25. The first kappa shape index (κ1) is 13.3. The van der Waals surface area contributed by atoms with Crippen LogP contribution >= 0.6 is 0 Å². The maximum Gasteiger partial charge on any atom is 0.328 e. The van der Waals surface area contributed by atoms with Gasteiger partial charge in [0.2, 0.25) is 5.91 Å². The molecular formula is C14H14FNO3. The third-order valence-corrected chi connectivity index (χ3v) is 3.14. The lowest BCUT2D eigenvalue weighted by molar-refractivity contribution is -0.131. The molecule has 100 valence electrons. The van der Waals surface area contributed by atoms with Crippen LogP contribution < -0.4 is 5.32 Å². The van der Waals surface area contributed by atoms with Gasteiger partial charge in [-0.05, 0) is 37.1 Å². The molecule has 1 aliphatic rings. The van der Waals surface area contributed by atoms with Crippen LogP contribution in [0.2, 0.25) is 0 Å². The fourth-order valence-electron chi connectivity index (χ4n) is 1.83. The van der Waals surface area contributed by atoms with Gasteiger partial charge in [-0.1, -0.05) is 6.42 Å². The molecule has 1 amide bonds. The Morgan fingerprint density at radius 3 is 2.68 bits per heavy atom. The number of carbonyl (C=O) groups excluding carboxylic acids is 1. The van der Waals surface area contributed by atoms with E-state index in [1.165, 1.54) is 18.2 Å². The summed E-state index contributed by atoms with van der Waals surface area (Å²) in [6.07, 6.45) is 4.86. The van der Waals surface area contributed by atoms with E-state index in [9.17, 15) is 14.0 Å². The number of nitrogens with one attached hydrogen (secondary N) is 1. The highest BCUT2D eigenvalue weighted by Crippen LogP contribution is 2.28. The Morgan fingerprint density at radius 2 is 2.11 bits per heavy atom. The summed E-state index contributed by atoms with van der Waals surface area (Å²) in [7, 11) is 0. The number of rotatable bonds is 4. The summed E-state index contributed by atoms with van der Waals surface area (Å²) in [5.74, 6) is -1.70. The Hall–Kier alpha value is -2.17. The molecule has 0 saturated heterocycles. The molecule has 0 spiro atoms. The Balaban J connectivity index is 2.11. The molecule has 4 nitrogen and oxygen atoms in total. The van der Waals surface area contributed by atoms with E-state index in [-0.39, 0.29) is 17.4 Å². The molecule has 5 heteroatoms. The van der Waals surface area contributed by atoms with Gasteiger partial charge in [-0.25, -0.2) is 9.18 Å². The van der Waals surface area contributed by atoms with Crippen LogP contribution in [-0.2, 0) is 9.59 Å². The fourth-order valence-corrected chi connectivity index (χ4v) is 1.83. The highest BCUT2D eigenvalue weighted by molar-refractivity contribution is 5.93. The first-order valence-electron chi connectivity index (χ1n) is 6.07. The first-order chi connectivity index (χ1) is 9.06. The van der Waals surface area contributed by atoms with Gasteiger partial charge in [0.15, 0.2) is 0 Å². The summed E-state index contributed by atoms with van der Waals surface area (Å²) in [5, 5.41) is 11.2. The first-order valence-corrected chi connectivity index (χ1v) is 6.07. The van der Waals surface area contributed by atoms with Crippen LogP contribution in [0.5, 0.6) is 0 Å². The zero-order chi connectivity index (χ0) is 13.8. The van der Waals surface area contributed by atoms with Gasteiger partial charge in [0.05, 0.1) is 0 Å². The Morgan fingerprint density at radius 1 is 1.37 bits per heavy atom. The number of hydrogen-bond acceptors (Lipinski definition) is 2. The lowest BCUT2D eigenvalue weighted by atomic mass is 9.85. The number of anilines is 1. The number of carboxylic acid groups (broad SMARTS) is 1. The average Bonchev–Trinajstić information content (AvgIpc) is 2.27. The van der Waals surface area contributed by atoms with E-state index in [1.807, 2.05) is 0 Å². The molecule has 0 unspecified atom stereocenters. The van der Waals surface area contributed by atoms with Crippen LogP contribution in [0, 0.1) is 11.7 Å². The molecule has 0 aromatic heterocycles. The Bertz CT molecular complexity index is 535. The third kappa shape index (κ3) is 3.40. The van der Waals surface area contributed by atoms with Crippen LogP contribution in [0.3, 0.4) is 0 Å². The topological polar surface area (TPSA) is 66.4 Å². The summed E-state index contributed by atoms with van der Waals surface area (Å²) in [5.41, 5.74) is 0.608. The largest absolute Gasteiger partial charge is 0.478 e. The minimum Gasteiger partial charge on any atom is -0.478 e. The smallest absolute Gasteiger partial charge is 0.328 e. The molecule has 0 bridgehead atoms. The van der Waals surface area contributed by atoms with Crippen molar-refractivity contribution in [3.8, 4) is 0 Å². The number of benzene rings is 1. The van der Waals surface area contributed by atoms with Crippen LogP contribution in [0.4, 0.5) is 10.1 Å². The standard InChI is InChI=1S/C14H14FNO3/c15-12-6-5-11(8-10(12)4-7-13(17)18)16-14(19)9-2-1-3-9/h4-9H,1-3H2,(H,16,19)(H,17,18)/b7-4+. The molecule has 0 aliphatic heterocycles. The number of aliphatic carboxylic acids is 1. The minimum absolute atomic E-state index is 0.0445. The summed E-state index contributed by atoms with van der Waals surface area (Å²) in [6.45, 7) is 0. The number of carbonyl (C=O) groups is 2. The molecule has 1 fully saturated rings. The van der Waals surface area contributed by atoms with E-state index in [0.717, 1.165) is 31.4 Å². The summed E-state index contributed by atoms with van der Waals surface area (Å²) >= 11 is 0. The number of amides is 1. The molecule has 0 atom stereocenters. The van der Waals surface area contributed by atoms with E-state index < -0.39 is 11.8 Å². The second kappa shape index (κ2) is 5.65. The van der Waals surface area contributed by atoms with Gasteiger partial charge >= 0.3 is 5.97 Å². The molecule has 1 saturated carbocycles. The van der Waals surface area contributed by atoms with Crippen molar-refractivity contribution in [3.05, 3.63) is 35.7 Å². The quantitative estimate of drug-likeness (QED) is 0.821. The van der Waals surface area contributed by atoms with E-state index in [1.54, 1.807) is 0 Å². The molecule has 0 radical (unpaired) electrons. The number of carboxylic acids is 1. The zero-order valence-corrected chi connectivity index (χ0v) is 10.2. The molecule has 19 heavy (non-hydrogen) atoms. The fraction of sp³-hybridized carbons (Fsp3) is 0.286. The molecule has 1 aromatic rings. The maximum atomic E-state index is 13.4. The monoisotopic (exact) mass is 263 g/mol.